The van der Waals surface area contributed by atoms with E-state index < -0.39 is 0 Å². The molecule has 0 radical (unpaired) electrons. The van der Waals surface area contributed by atoms with Crippen LogP contribution in [0.25, 0.3) is 0 Å². The molecule has 9 atom stereocenters. The molecule has 0 saturated heterocycles. The maximum atomic E-state index is 14.3. The van der Waals surface area contributed by atoms with Gasteiger partial charge in [-0.25, -0.2) is 0 Å². The summed E-state index contributed by atoms with van der Waals surface area (Å²) < 4.78 is 6.25. The molecule has 6 saturated carbocycles. The number of benzene rings is 1. The number of ether oxygens (including phenoxy) is 1. The van der Waals surface area contributed by atoms with Gasteiger partial charge in [0.2, 0.25) is 0 Å². The highest BCUT2D eigenvalue weighted by molar-refractivity contribution is 5.85. The molecule has 0 amide bonds. The molecule has 0 bridgehead atoms. The second kappa shape index (κ2) is 8.95. The van der Waals surface area contributed by atoms with Gasteiger partial charge in [-0.15, -0.1) is 0 Å². The zero-order valence-electron chi connectivity index (χ0n) is 26.7. The maximum Gasteiger partial charge on any atom is 0.312 e. The van der Waals surface area contributed by atoms with Crippen molar-refractivity contribution < 1.29 is 14.3 Å². The van der Waals surface area contributed by atoms with Crippen molar-refractivity contribution in [1.82, 2.24) is 0 Å². The quantitative estimate of drug-likeness (QED) is 0.346. The van der Waals surface area contributed by atoms with Crippen LogP contribution in [0.15, 0.2) is 30.3 Å². The van der Waals surface area contributed by atoms with Gasteiger partial charge in [-0.1, -0.05) is 71.9 Å². The third-order valence-electron chi connectivity index (χ3n) is 15.7. The van der Waals surface area contributed by atoms with Crippen molar-refractivity contribution >= 4 is 11.8 Å². The number of esters is 1. The number of hydrogen-bond donors (Lipinski definition) is 0. The van der Waals surface area contributed by atoms with Crippen LogP contribution in [0.2, 0.25) is 0 Å². The number of ketones is 1. The average molecular weight is 559 g/mol. The fraction of sp³-hybridized carbons (Fsp3) is 0.789. The van der Waals surface area contributed by atoms with Crippen LogP contribution >= 0.6 is 0 Å². The highest BCUT2D eigenvalue weighted by Crippen LogP contribution is 2.79. The van der Waals surface area contributed by atoms with Crippen LogP contribution in [0, 0.1) is 62.1 Å². The first-order valence-electron chi connectivity index (χ1n) is 17.1. The van der Waals surface area contributed by atoms with E-state index in [1.807, 2.05) is 18.2 Å². The molecule has 3 nitrogen and oxygen atoms in total. The van der Waals surface area contributed by atoms with Crippen LogP contribution in [-0.2, 0) is 20.9 Å². The van der Waals surface area contributed by atoms with Gasteiger partial charge in [-0.2, -0.15) is 0 Å². The normalized spacial score (nSPS) is 47.4. The molecule has 7 rings (SSSR count). The monoisotopic (exact) mass is 558 g/mol. The predicted octanol–water partition coefficient (Wildman–Crippen LogP) is 9.18. The van der Waals surface area contributed by atoms with Gasteiger partial charge in [-0.3, -0.25) is 9.59 Å². The van der Waals surface area contributed by atoms with E-state index in [1.165, 1.54) is 44.9 Å². The molecule has 0 aliphatic heterocycles. The lowest BCUT2D eigenvalue weighted by atomic mass is 9.32. The molecule has 41 heavy (non-hydrogen) atoms. The van der Waals surface area contributed by atoms with Crippen molar-refractivity contribution in [2.45, 2.75) is 125 Å². The molecule has 0 spiro atoms. The second-order valence-corrected chi connectivity index (χ2v) is 17.4. The summed E-state index contributed by atoms with van der Waals surface area (Å²) in [5.41, 5.74) is 1.72. The average Bonchev–Trinajstić information content (AvgIpc) is 3.55. The molecule has 0 aromatic heterocycles. The third kappa shape index (κ3) is 3.68. The molecular formula is C38H54O3. The van der Waals surface area contributed by atoms with Crippen molar-refractivity contribution in [2.24, 2.45) is 62.1 Å². The molecule has 3 heteroatoms. The number of Topliss-reactive ketones (excluding diaryl/α,β-unsaturated/α-hetero) is 1. The van der Waals surface area contributed by atoms with Crippen LogP contribution in [0.1, 0.15) is 124 Å². The summed E-state index contributed by atoms with van der Waals surface area (Å²) in [6, 6.07) is 10.2. The van der Waals surface area contributed by atoms with E-state index in [2.05, 4.69) is 53.7 Å². The lowest BCUT2D eigenvalue weighted by molar-refractivity contribution is -0.238. The van der Waals surface area contributed by atoms with E-state index in [1.54, 1.807) is 0 Å². The predicted molar refractivity (Wildman–Crippen MR) is 163 cm³/mol. The number of carbonyl (C=O) groups excluding carboxylic acids is 2. The van der Waals surface area contributed by atoms with Crippen LogP contribution < -0.4 is 0 Å². The van der Waals surface area contributed by atoms with E-state index in [-0.39, 0.29) is 33.0 Å². The van der Waals surface area contributed by atoms with Crippen molar-refractivity contribution in [3.63, 3.8) is 0 Å². The molecular weight excluding hydrogens is 504 g/mol. The first-order chi connectivity index (χ1) is 19.3. The Morgan fingerprint density at radius 1 is 0.756 bits per heavy atom. The Hall–Kier alpha value is -1.64. The number of carbonyl (C=O) groups is 2. The zero-order valence-corrected chi connectivity index (χ0v) is 26.7. The molecule has 6 aliphatic rings. The lowest BCUT2D eigenvalue weighted by Gasteiger charge is -2.72. The Morgan fingerprint density at radius 2 is 1.49 bits per heavy atom. The summed E-state index contributed by atoms with van der Waals surface area (Å²) in [5.74, 6) is 3.44. The van der Waals surface area contributed by atoms with Crippen LogP contribution in [-0.4, -0.2) is 11.8 Å². The van der Waals surface area contributed by atoms with Crippen molar-refractivity contribution in [2.75, 3.05) is 0 Å². The Balaban J connectivity index is 1.23. The van der Waals surface area contributed by atoms with Gasteiger partial charge in [0.05, 0.1) is 5.41 Å². The minimum atomic E-state index is -0.307. The summed E-state index contributed by atoms with van der Waals surface area (Å²) in [6.07, 6.45) is 13.8. The summed E-state index contributed by atoms with van der Waals surface area (Å²) in [6.45, 7) is 15.3. The van der Waals surface area contributed by atoms with E-state index in [9.17, 15) is 9.59 Å². The molecule has 6 fully saturated rings. The SMILES string of the molecule is CC1(C)C(=O)CC[C@@]2(C)C1CC[C@]1(C)C2CC[C@@H]2C3[C@H](C4(C)CC4)CC[C@]3(C(=O)OCc3ccccc3)CC[C@]21C. The van der Waals surface area contributed by atoms with Crippen LogP contribution in [0.3, 0.4) is 0 Å². The first-order valence-corrected chi connectivity index (χ1v) is 17.1. The Bertz CT molecular complexity index is 1230. The minimum absolute atomic E-state index is 0.107. The fourth-order valence-electron chi connectivity index (χ4n) is 13.0. The molecule has 0 N–H and O–H groups in total. The molecule has 3 unspecified atom stereocenters. The van der Waals surface area contributed by atoms with Gasteiger partial charge in [0.15, 0.2) is 0 Å². The molecule has 6 aliphatic carbocycles. The standard InChI is InChI=1S/C38H54O3/c1-33(2)28-15-18-37(6)29(35(28,4)17-16-30(33)39)13-12-27-31-26(34(3)20-21-34)14-19-38(31,23-22-36(27,37)5)32(40)41-24-25-10-8-7-9-11-25/h7-11,26-29,31H,12-24H2,1-6H3/t26-,27-,28?,29?,31?,35+,36-,37-,38+/m1/s1. The number of rotatable bonds is 4. The Kier molecular flexibility index (Phi) is 6.14. The molecule has 0 heterocycles. The third-order valence-corrected chi connectivity index (χ3v) is 15.7. The van der Waals surface area contributed by atoms with Crippen molar-refractivity contribution in [3.8, 4) is 0 Å². The Labute approximate surface area is 249 Å². The van der Waals surface area contributed by atoms with E-state index in [0.29, 0.717) is 47.4 Å². The summed E-state index contributed by atoms with van der Waals surface area (Å²) in [7, 11) is 0. The fourth-order valence-corrected chi connectivity index (χ4v) is 13.0. The van der Waals surface area contributed by atoms with Crippen molar-refractivity contribution in [1.29, 1.82) is 0 Å². The minimum Gasteiger partial charge on any atom is -0.460 e. The molecule has 224 valence electrons. The van der Waals surface area contributed by atoms with Crippen LogP contribution in [0.4, 0.5) is 0 Å². The van der Waals surface area contributed by atoms with Gasteiger partial charge in [0.25, 0.3) is 0 Å². The topological polar surface area (TPSA) is 43.4 Å². The molecule has 1 aromatic rings. The van der Waals surface area contributed by atoms with Gasteiger partial charge >= 0.3 is 5.97 Å². The number of fused-ring (bicyclic) bond motifs is 7. The van der Waals surface area contributed by atoms with E-state index in [0.717, 1.165) is 37.7 Å². The summed E-state index contributed by atoms with van der Waals surface area (Å²) in [5, 5.41) is 0. The van der Waals surface area contributed by atoms with Gasteiger partial charge in [0.1, 0.15) is 12.4 Å². The smallest absolute Gasteiger partial charge is 0.312 e. The highest BCUT2D eigenvalue weighted by Gasteiger charge is 2.73. The van der Waals surface area contributed by atoms with Crippen molar-refractivity contribution in [3.05, 3.63) is 35.9 Å². The van der Waals surface area contributed by atoms with E-state index in [4.69, 9.17) is 4.74 Å². The Morgan fingerprint density at radius 3 is 2.20 bits per heavy atom. The molecule has 1 aromatic carbocycles. The van der Waals surface area contributed by atoms with Gasteiger partial charge in [-0.05, 0) is 127 Å². The largest absolute Gasteiger partial charge is 0.460 e. The van der Waals surface area contributed by atoms with Gasteiger partial charge in [0, 0.05) is 11.8 Å². The maximum absolute atomic E-state index is 14.3. The van der Waals surface area contributed by atoms with Crippen LogP contribution in [0.5, 0.6) is 0 Å². The van der Waals surface area contributed by atoms with Gasteiger partial charge < -0.3 is 4.74 Å². The lowest BCUT2D eigenvalue weighted by Crippen LogP contribution is -2.67. The first kappa shape index (κ1) is 28.1. The summed E-state index contributed by atoms with van der Waals surface area (Å²) >= 11 is 0. The highest BCUT2D eigenvalue weighted by atomic mass is 16.5. The number of hydrogen-bond acceptors (Lipinski definition) is 3. The zero-order chi connectivity index (χ0) is 29.1. The van der Waals surface area contributed by atoms with E-state index >= 15 is 0 Å². The summed E-state index contributed by atoms with van der Waals surface area (Å²) in [4.78, 5) is 27.4. The second-order valence-electron chi connectivity index (χ2n) is 17.4.